The Kier molecular flexibility index (Phi) is 30.8. The number of likely N-dealkylation sites (N-methyl/N-ethyl adjacent to an activating group) is 2. The first-order valence-electron chi connectivity index (χ1n) is 45.6. The Hall–Kier alpha value is -12.9. The lowest BCUT2D eigenvalue weighted by Crippen LogP contribution is -2.61. The number of halogens is 4. The van der Waals surface area contributed by atoms with Gasteiger partial charge in [-0.15, -0.1) is 0 Å². The first kappa shape index (κ1) is 98.6. The standard InChI is InChI=1S/C33H37ClN4O4.C30H33BrN4O4.C24H22BrIN4O3.C18H17N3O2/c1-5-29(39)37-17-24(18-37)35(3)30(40)19-38-27(14-21-9-10-21)31(26-15-23(34)13-20(2)32(26)38)33(41)36-12-11-25-22(16-36)7-6-8-28(25)42-4;1-6-26(36)34-15-22(16-34)32(4)27(37)17-35-19(3)28(24-13-21(31)12-18(2)29(24)35)30(38)33-11-10-23-20(14-33)8-7-9-25(23)39-5;1-2-21(32)29-12-17(13-29)28-20(31)14-30-19-9-8-16(25)10-18(19)22(26)23(30)24(33)27-11-15-6-4-3-5-7-15;1-2-18(23)21-10-14(11-21)8-16(22)12-20-6-5-15-7-13(9-19)3-4-17(15)20/h5-8,13,15,21,24H,1,9-12,14,16-19H2,2-4H3;6-9,12-13,22H,1,10-11,14-17H2,2-5H3;2-10,17H,1,11-14H2,(H,27,33)(H,28,31);2-7,14H,1,8,10-12H2. The van der Waals surface area contributed by atoms with E-state index in [2.05, 4.69) is 108 Å². The zero-order valence-electron chi connectivity index (χ0n) is 77.7. The van der Waals surface area contributed by atoms with E-state index in [9.17, 15) is 52.7 Å². The molecule has 0 spiro atoms. The molecule has 7 aromatic carbocycles. The molecule has 137 heavy (non-hydrogen) atoms. The van der Waals surface area contributed by atoms with Crippen LogP contribution in [0.25, 0.3) is 43.6 Å². The third kappa shape index (κ3) is 21.5. The summed E-state index contributed by atoms with van der Waals surface area (Å²) in [6.45, 7) is 27.2. The number of ether oxygens (including phenoxy) is 2. The van der Waals surface area contributed by atoms with Gasteiger partial charge >= 0.3 is 0 Å². The van der Waals surface area contributed by atoms with Gasteiger partial charge in [-0.3, -0.25) is 52.7 Å². The third-order valence-electron chi connectivity index (χ3n) is 26.9. The number of carbonyl (C=O) groups excluding carboxylic acids is 11. The largest absolute Gasteiger partial charge is 0.496 e. The van der Waals surface area contributed by atoms with Crippen LogP contribution in [0.5, 0.6) is 11.5 Å². The van der Waals surface area contributed by atoms with Gasteiger partial charge in [-0.2, -0.15) is 5.26 Å². The van der Waals surface area contributed by atoms with Crippen LogP contribution >= 0.6 is 66.1 Å². The predicted molar refractivity (Wildman–Crippen MR) is 542 cm³/mol. The quantitative estimate of drug-likeness (QED) is 0.0376. The number of aryl methyl sites for hydroxylation is 2. The van der Waals surface area contributed by atoms with Gasteiger partial charge in [0.2, 0.25) is 41.4 Å². The number of hydrogen-bond donors (Lipinski definition) is 2. The van der Waals surface area contributed by atoms with Crippen molar-refractivity contribution in [2.24, 2.45) is 11.8 Å². The van der Waals surface area contributed by atoms with Gasteiger partial charge < -0.3 is 77.6 Å². The molecular formula is C105H109Br2ClIN15O13. The van der Waals surface area contributed by atoms with Crippen LogP contribution in [0.1, 0.15) is 106 Å². The molecule has 10 heterocycles. The number of fused-ring (bicyclic) bond motifs is 6. The van der Waals surface area contributed by atoms with Crippen LogP contribution in [-0.2, 0) is 103 Å². The van der Waals surface area contributed by atoms with Crippen molar-refractivity contribution in [3.63, 3.8) is 0 Å². The number of Topliss-reactive ketones (excluding diaryl/α,β-unsaturated/α-hetero) is 1. The molecule has 18 rings (SSSR count). The molecule has 1 saturated carbocycles. The van der Waals surface area contributed by atoms with Gasteiger partial charge in [0.15, 0.2) is 5.78 Å². The molecule has 28 nitrogen and oxygen atoms in total. The lowest BCUT2D eigenvalue weighted by Gasteiger charge is -2.43. The normalized spacial score (nSPS) is 15.1. The molecule has 0 bridgehead atoms. The number of nitriles is 1. The Morgan fingerprint density at radius 2 is 1.08 bits per heavy atom. The number of carbonyl (C=O) groups is 11. The molecule has 710 valence electrons. The highest BCUT2D eigenvalue weighted by Gasteiger charge is 2.41. The Labute approximate surface area is 830 Å². The van der Waals surface area contributed by atoms with Crippen LogP contribution in [0.4, 0.5) is 0 Å². The fraction of sp³-hybridized carbons (Fsp3) is 0.333. The second-order valence-electron chi connectivity index (χ2n) is 35.9. The Morgan fingerprint density at radius 1 is 0.555 bits per heavy atom. The monoisotopic (exact) mass is 2110 g/mol. The number of likely N-dealkylation sites (tertiary alicyclic amines) is 4. The van der Waals surface area contributed by atoms with Crippen molar-refractivity contribution < 1.29 is 62.2 Å². The number of ketones is 1. The zero-order valence-corrected chi connectivity index (χ0v) is 83.8. The van der Waals surface area contributed by atoms with E-state index in [4.69, 9.17) is 26.3 Å². The van der Waals surface area contributed by atoms with E-state index < -0.39 is 0 Å². The maximum absolute atomic E-state index is 14.4. The van der Waals surface area contributed by atoms with E-state index >= 15 is 0 Å². The minimum absolute atomic E-state index is 0.00112. The van der Waals surface area contributed by atoms with Gasteiger partial charge in [-0.05, 0) is 212 Å². The minimum atomic E-state index is -0.241. The number of hydrogen-bond acceptors (Lipinski definition) is 14. The number of benzene rings is 7. The summed E-state index contributed by atoms with van der Waals surface area (Å²) in [6.07, 6.45) is 12.0. The van der Waals surface area contributed by atoms with Gasteiger partial charge in [0, 0.05) is 181 Å². The van der Waals surface area contributed by atoms with Crippen LogP contribution in [0.2, 0.25) is 5.02 Å². The molecule has 4 saturated heterocycles. The number of amides is 10. The van der Waals surface area contributed by atoms with Gasteiger partial charge in [0.05, 0.1) is 81.8 Å². The predicted octanol–water partition coefficient (Wildman–Crippen LogP) is 14.3. The highest BCUT2D eigenvalue weighted by atomic mass is 127. The number of methoxy groups -OCH3 is 2. The Bertz CT molecular complexity index is 6740. The van der Waals surface area contributed by atoms with Gasteiger partial charge in [-0.25, -0.2) is 0 Å². The summed E-state index contributed by atoms with van der Waals surface area (Å²) in [6, 6.07) is 44.4. The lowest BCUT2D eigenvalue weighted by atomic mass is 9.94. The van der Waals surface area contributed by atoms with Crippen molar-refractivity contribution >= 4 is 175 Å². The van der Waals surface area contributed by atoms with Crippen LogP contribution in [-0.4, -0.2) is 234 Å². The summed E-state index contributed by atoms with van der Waals surface area (Å²) in [5.41, 5.74) is 15.0. The average Bonchev–Trinajstić information content (AvgIpc) is 1.59. The van der Waals surface area contributed by atoms with Crippen LogP contribution in [0.3, 0.4) is 0 Å². The molecule has 11 aromatic rings. The first-order chi connectivity index (χ1) is 65.8. The summed E-state index contributed by atoms with van der Waals surface area (Å²) in [5, 5.41) is 18.9. The minimum Gasteiger partial charge on any atom is -0.496 e. The molecule has 10 amide bonds. The zero-order chi connectivity index (χ0) is 97.6. The van der Waals surface area contributed by atoms with Crippen LogP contribution in [0.15, 0.2) is 199 Å². The molecule has 0 unspecified atom stereocenters. The number of nitrogens with one attached hydrogen (secondary N) is 2. The topological polar surface area (TPSA) is 300 Å². The second-order valence-corrected chi connectivity index (χ2v) is 39.2. The molecule has 2 N–H and O–H groups in total. The summed E-state index contributed by atoms with van der Waals surface area (Å²) < 4.78 is 21.4. The van der Waals surface area contributed by atoms with Crippen LogP contribution in [0, 0.1) is 47.5 Å². The average molecular weight is 2110 g/mol. The van der Waals surface area contributed by atoms with Crippen molar-refractivity contribution in [2.75, 3.05) is 93.8 Å². The maximum Gasteiger partial charge on any atom is 0.269 e. The van der Waals surface area contributed by atoms with E-state index in [-0.39, 0.29) is 109 Å². The Balaban J connectivity index is 0.000000141. The number of nitrogens with zero attached hydrogens (tertiary/aromatic N) is 13. The summed E-state index contributed by atoms with van der Waals surface area (Å²) in [5.74, 6) is 1.54. The molecule has 5 fully saturated rings. The molecule has 4 aromatic heterocycles. The summed E-state index contributed by atoms with van der Waals surface area (Å²) in [7, 11) is 6.92. The van der Waals surface area contributed by atoms with Crippen molar-refractivity contribution in [3.8, 4) is 17.6 Å². The van der Waals surface area contributed by atoms with Gasteiger partial charge in [0.1, 0.15) is 36.8 Å². The third-order valence-corrected chi connectivity index (χ3v) is 29.2. The van der Waals surface area contributed by atoms with E-state index in [1.54, 1.807) is 68.3 Å². The summed E-state index contributed by atoms with van der Waals surface area (Å²) >= 11 is 15.8. The molecule has 32 heteroatoms. The van der Waals surface area contributed by atoms with Crippen molar-refractivity contribution in [2.45, 2.75) is 123 Å². The highest BCUT2D eigenvalue weighted by Crippen LogP contribution is 2.42. The Morgan fingerprint density at radius 3 is 1.64 bits per heavy atom. The number of aromatic nitrogens is 4. The van der Waals surface area contributed by atoms with Gasteiger partial charge in [-0.1, -0.05) is 124 Å². The molecular weight excluding hydrogens is 2000 g/mol. The van der Waals surface area contributed by atoms with Crippen LogP contribution < -0.4 is 20.1 Å². The molecule has 6 aliphatic heterocycles. The molecule has 1 aliphatic carbocycles. The summed E-state index contributed by atoms with van der Waals surface area (Å²) in [4.78, 5) is 155. The fourth-order valence-corrected chi connectivity index (χ4v) is 21.3. The second kappa shape index (κ2) is 42.8. The van der Waals surface area contributed by atoms with E-state index in [0.29, 0.717) is 131 Å². The molecule has 0 atom stereocenters. The SMILES string of the molecule is C=CC(=O)N1CC(CC(=O)Cn2ccc3cc(C#N)ccc32)C1.C=CC(=O)N1CC(N(C)C(=O)Cn2c(C)c(C(=O)N3CCc4c(cccc4OC)C3)c3cc(Br)cc(C)c32)C1.C=CC(=O)N1CC(N(C)C(=O)Cn2c(CC3CC3)c(C(=O)N3CCc4c(cccc4OC)C3)c3cc(Cl)cc(C)c32)C1.C=CC(=O)N1CC(NC(=O)Cn2c(C(=O)NCc3ccccc3)c(I)c3cc(Br)ccc32)C1. The maximum atomic E-state index is 14.4. The van der Waals surface area contributed by atoms with Crippen molar-refractivity contribution in [3.05, 3.63) is 281 Å². The molecule has 7 aliphatic rings. The van der Waals surface area contributed by atoms with E-state index in [0.717, 1.165) is 150 Å². The van der Waals surface area contributed by atoms with Crippen molar-refractivity contribution in [1.29, 1.82) is 5.26 Å². The van der Waals surface area contributed by atoms with Gasteiger partial charge in [0.25, 0.3) is 17.7 Å². The fourth-order valence-electron chi connectivity index (χ4n) is 19.1. The first-order valence-corrected chi connectivity index (χ1v) is 48.6. The molecule has 0 radical (unpaired) electrons. The van der Waals surface area contributed by atoms with E-state index in [1.807, 2.05) is 167 Å². The smallest absolute Gasteiger partial charge is 0.269 e. The highest BCUT2D eigenvalue weighted by molar-refractivity contribution is 14.1. The van der Waals surface area contributed by atoms with Crippen molar-refractivity contribution in [1.82, 2.24) is 68.1 Å². The van der Waals surface area contributed by atoms with E-state index in [1.165, 1.54) is 24.3 Å². The number of rotatable bonds is 26. The lowest BCUT2D eigenvalue weighted by molar-refractivity contribution is -0.142.